The molecule has 0 radical (unpaired) electrons. The first-order valence-electron chi connectivity index (χ1n) is 3.56. The number of aliphatic hydroxyl groups excluding tert-OH is 5. The Balaban J connectivity index is 2.63. The van der Waals surface area contributed by atoms with E-state index in [2.05, 4.69) is 4.74 Å². The Hall–Kier alpha value is -0.240. The molecule has 1 aliphatic rings. The van der Waals surface area contributed by atoms with E-state index in [1.165, 1.54) is 0 Å². The molecule has 6 nitrogen and oxygen atoms in total. The second-order valence-electron chi connectivity index (χ2n) is 2.72. The molecule has 12 heavy (non-hydrogen) atoms. The van der Waals surface area contributed by atoms with Gasteiger partial charge in [-0.1, -0.05) is 0 Å². The molecule has 1 heterocycles. The van der Waals surface area contributed by atoms with Crippen LogP contribution in [0.15, 0.2) is 0 Å². The van der Waals surface area contributed by atoms with E-state index in [-0.39, 0.29) is 0 Å². The Morgan fingerprint density at radius 1 is 0.917 bits per heavy atom. The molecule has 72 valence electrons. The Morgan fingerprint density at radius 2 is 1.50 bits per heavy atom. The Morgan fingerprint density at radius 3 is 2.00 bits per heavy atom. The van der Waals surface area contributed by atoms with E-state index in [4.69, 9.17) is 25.5 Å². The van der Waals surface area contributed by atoms with Crippen molar-refractivity contribution >= 4 is 0 Å². The molecule has 1 fully saturated rings. The van der Waals surface area contributed by atoms with E-state index in [1.54, 1.807) is 0 Å². The van der Waals surface area contributed by atoms with Crippen molar-refractivity contribution in [2.24, 2.45) is 0 Å². The monoisotopic (exact) mass is 180 g/mol. The van der Waals surface area contributed by atoms with Crippen molar-refractivity contribution in [1.29, 1.82) is 0 Å². The molecule has 0 saturated carbocycles. The predicted octanol–water partition coefficient (Wildman–Crippen LogP) is -3.22. The highest BCUT2D eigenvalue weighted by atomic mass is 16.6. The molecular formula is C6H12O6. The maximum atomic E-state index is 9.12. The summed E-state index contributed by atoms with van der Waals surface area (Å²) in [5.74, 6) is 0. The molecule has 0 bridgehead atoms. The van der Waals surface area contributed by atoms with Gasteiger partial charge in [-0.25, -0.2) is 0 Å². The molecule has 6 heteroatoms. The summed E-state index contributed by atoms with van der Waals surface area (Å²) in [5.41, 5.74) is 0. The molecule has 1 aliphatic heterocycles. The fourth-order valence-corrected chi connectivity index (χ4v) is 1.08. The summed E-state index contributed by atoms with van der Waals surface area (Å²) in [6, 6.07) is 0. The summed E-state index contributed by atoms with van der Waals surface area (Å²) < 4.78 is 4.58. The van der Waals surface area contributed by atoms with Crippen molar-refractivity contribution in [1.82, 2.24) is 0 Å². The molecule has 0 aromatic heterocycles. The summed E-state index contributed by atoms with van der Waals surface area (Å²) in [6.45, 7) is -0.526. The molecule has 0 spiro atoms. The normalized spacial score (nSPS) is 49.2. The van der Waals surface area contributed by atoms with Gasteiger partial charge in [0.2, 0.25) is 0 Å². The van der Waals surface area contributed by atoms with Crippen molar-refractivity contribution in [3.63, 3.8) is 0 Å². The standard InChI is InChI=1S/C6H12O6/c7-1-2-3(8)4(9)5(10)6(11)12-2/h2-11H,1H2/t2-,3?,4?,5+,6+/m1/s1. The third kappa shape index (κ3) is 1.58. The van der Waals surface area contributed by atoms with Crippen LogP contribution in [0.3, 0.4) is 0 Å². The number of aliphatic hydroxyl groups is 5. The number of ether oxygens (including phenoxy) is 1. The van der Waals surface area contributed by atoms with E-state index in [0.29, 0.717) is 0 Å². The zero-order valence-corrected chi connectivity index (χ0v) is 6.24. The molecule has 0 aliphatic carbocycles. The average molecular weight is 180 g/mol. The summed E-state index contributed by atoms with van der Waals surface area (Å²) in [4.78, 5) is 0. The third-order valence-corrected chi connectivity index (χ3v) is 1.87. The quantitative estimate of drug-likeness (QED) is 0.290. The van der Waals surface area contributed by atoms with Gasteiger partial charge in [-0.05, 0) is 0 Å². The SMILES string of the molecule is OC[C@H]1O[C@H](O)[C@@H](O)C(O)C1O. The molecule has 1 saturated heterocycles. The average Bonchev–Trinajstić information content (AvgIpc) is 2.08. The topological polar surface area (TPSA) is 110 Å². The molecule has 0 aromatic rings. The van der Waals surface area contributed by atoms with Crippen LogP contribution < -0.4 is 0 Å². The minimum absolute atomic E-state index is 0.526. The van der Waals surface area contributed by atoms with Crippen LogP contribution in [0.4, 0.5) is 0 Å². The molecule has 0 amide bonds. The van der Waals surface area contributed by atoms with Gasteiger partial charge < -0.3 is 30.3 Å². The van der Waals surface area contributed by atoms with Crippen molar-refractivity contribution in [2.75, 3.05) is 6.61 Å². The van der Waals surface area contributed by atoms with Crippen LogP contribution >= 0.6 is 0 Å². The fourth-order valence-electron chi connectivity index (χ4n) is 1.08. The fraction of sp³-hybridized carbons (Fsp3) is 1.00. The Kier molecular flexibility index (Phi) is 2.99. The molecule has 5 atom stereocenters. The first-order valence-corrected chi connectivity index (χ1v) is 3.56. The van der Waals surface area contributed by atoms with Crippen LogP contribution in [-0.4, -0.2) is 62.8 Å². The lowest BCUT2D eigenvalue weighted by atomic mass is 10.00. The third-order valence-electron chi connectivity index (χ3n) is 1.87. The van der Waals surface area contributed by atoms with Gasteiger partial charge in [0.1, 0.15) is 24.4 Å². The van der Waals surface area contributed by atoms with Crippen molar-refractivity contribution in [3.8, 4) is 0 Å². The lowest BCUT2D eigenvalue weighted by molar-refractivity contribution is -0.286. The van der Waals surface area contributed by atoms with Crippen LogP contribution in [-0.2, 0) is 4.74 Å². The minimum atomic E-state index is -1.57. The van der Waals surface area contributed by atoms with E-state index in [0.717, 1.165) is 0 Å². The molecule has 0 aromatic carbocycles. The molecule has 5 N–H and O–H groups in total. The summed E-state index contributed by atoms with van der Waals surface area (Å²) in [7, 11) is 0. The van der Waals surface area contributed by atoms with E-state index in [9.17, 15) is 0 Å². The zero-order chi connectivity index (χ0) is 9.30. The van der Waals surface area contributed by atoms with Gasteiger partial charge in [0, 0.05) is 0 Å². The smallest absolute Gasteiger partial charge is 0.184 e. The van der Waals surface area contributed by atoms with E-state index >= 15 is 0 Å². The van der Waals surface area contributed by atoms with Gasteiger partial charge in [-0.15, -0.1) is 0 Å². The molecule has 1 rings (SSSR count). The maximum absolute atomic E-state index is 9.12. The molecule has 2 unspecified atom stereocenters. The van der Waals surface area contributed by atoms with Gasteiger partial charge in [-0.3, -0.25) is 0 Å². The minimum Gasteiger partial charge on any atom is -0.394 e. The highest BCUT2D eigenvalue weighted by Crippen LogP contribution is 2.18. The lowest BCUT2D eigenvalue weighted by Gasteiger charge is -2.37. The predicted molar refractivity (Wildman–Crippen MR) is 36.0 cm³/mol. The second-order valence-corrected chi connectivity index (χ2v) is 2.72. The summed E-state index contributed by atoms with van der Waals surface area (Å²) in [5, 5.41) is 44.7. The van der Waals surface area contributed by atoms with E-state index < -0.39 is 37.3 Å². The van der Waals surface area contributed by atoms with E-state index in [1.807, 2.05) is 0 Å². The summed E-state index contributed by atoms with van der Waals surface area (Å²) >= 11 is 0. The van der Waals surface area contributed by atoms with Crippen LogP contribution in [0.1, 0.15) is 0 Å². The van der Waals surface area contributed by atoms with Crippen molar-refractivity contribution < 1.29 is 30.3 Å². The zero-order valence-electron chi connectivity index (χ0n) is 6.24. The van der Waals surface area contributed by atoms with Gasteiger partial charge in [-0.2, -0.15) is 0 Å². The summed E-state index contributed by atoms with van der Waals surface area (Å²) in [6.07, 6.45) is -7.04. The first kappa shape index (κ1) is 9.85. The van der Waals surface area contributed by atoms with Crippen LogP contribution in [0.2, 0.25) is 0 Å². The maximum Gasteiger partial charge on any atom is 0.184 e. The Bertz CT molecular complexity index is 146. The Labute approximate surface area is 68.6 Å². The van der Waals surface area contributed by atoms with Gasteiger partial charge in [0.25, 0.3) is 0 Å². The number of hydrogen-bond donors (Lipinski definition) is 5. The molecular weight excluding hydrogens is 168 g/mol. The van der Waals surface area contributed by atoms with Crippen molar-refractivity contribution in [2.45, 2.75) is 30.7 Å². The number of rotatable bonds is 1. The first-order chi connectivity index (χ1) is 5.57. The second kappa shape index (κ2) is 3.65. The van der Waals surface area contributed by atoms with Gasteiger partial charge in [0.05, 0.1) is 6.61 Å². The van der Waals surface area contributed by atoms with Gasteiger partial charge >= 0.3 is 0 Å². The lowest BCUT2D eigenvalue weighted by Crippen LogP contribution is -2.58. The van der Waals surface area contributed by atoms with Crippen molar-refractivity contribution in [3.05, 3.63) is 0 Å². The van der Waals surface area contributed by atoms with Gasteiger partial charge in [0.15, 0.2) is 6.29 Å². The van der Waals surface area contributed by atoms with Crippen LogP contribution in [0.5, 0.6) is 0 Å². The van der Waals surface area contributed by atoms with Crippen LogP contribution in [0.25, 0.3) is 0 Å². The largest absolute Gasteiger partial charge is 0.394 e. The van der Waals surface area contributed by atoms with Crippen LogP contribution in [0, 0.1) is 0 Å². The highest BCUT2D eigenvalue weighted by molar-refractivity contribution is 4.87. The highest BCUT2D eigenvalue weighted by Gasteiger charge is 2.42. The number of hydrogen-bond acceptors (Lipinski definition) is 6.